The number of rotatable bonds is 3. The Hall–Kier alpha value is -2.04. The summed E-state index contributed by atoms with van der Waals surface area (Å²) in [7, 11) is 0. The molecular weight excluding hydrogens is 222 g/mol. The van der Waals surface area contributed by atoms with E-state index < -0.39 is 18.1 Å². The first-order chi connectivity index (χ1) is 8.04. The second kappa shape index (κ2) is 4.45. The minimum atomic E-state index is -0.858. The Kier molecular flexibility index (Phi) is 2.99. The lowest BCUT2D eigenvalue weighted by atomic mass is 10.1. The molecule has 1 heterocycles. The van der Waals surface area contributed by atoms with Gasteiger partial charge < -0.3 is 9.47 Å². The van der Waals surface area contributed by atoms with Gasteiger partial charge in [0.05, 0.1) is 0 Å². The maximum Gasteiger partial charge on any atom is 0.414 e. The third-order valence-corrected chi connectivity index (χ3v) is 2.36. The summed E-state index contributed by atoms with van der Waals surface area (Å²) in [6, 6.07) is 5.75. The molecule has 17 heavy (non-hydrogen) atoms. The van der Waals surface area contributed by atoms with Crippen LogP contribution in [0.4, 0.5) is 4.79 Å². The zero-order valence-electron chi connectivity index (χ0n) is 9.65. The van der Waals surface area contributed by atoms with Crippen molar-refractivity contribution in [2.75, 3.05) is 6.61 Å². The average molecular weight is 235 g/mol. The zero-order valence-corrected chi connectivity index (χ0v) is 9.65. The van der Waals surface area contributed by atoms with E-state index in [2.05, 4.69) is 0 Å². The number of amides is 2. The highest BCUT2D eigenvalue weighted by Crippen LogP contribution is 2.17. The van der Waals surface area contributed by atoms with Gasteiger partial charge in [0.25, 0.3) is 5.91 Å². The summed E-state index contributed by atoms with van der Waals surface area (Å²) in [6.07, 6.45) is -1.58. The molecule has 1 aliphatic heterocycles. The molecule has 1 aromatic carbocycles. The number of alkyl carbamates (subject to hydrolysis) is 1. The van der Waals surface area contributed by atoms with Crippen LogP contribution < -0.4 is 10.1 Å². The molecule has 90 valence electrons. The number of nitrogens with one attached hydrogen (secondary N) is 1. The Labute approximate surface area is 98.7 Å². The molecule has 1 aliphatic rings. The fraction of sp³-hybridized carbons (Fsp3) is 0.333. The highest BCUT2D eigenvalue weighted by atomic mass is 16.6. The lowest BCUT2D eigenvalue weighted by Crippen LogP contribution is -2.29. The van der Waals surface area contributed by atoms with Crippen LogP contribution in [0.15, 0.2) is 18.2 Å². The molecule has 2 amide bonds. The van der Waals surface area contributed by atoms with Gasteiger partial charge in [-0.1, -0.05) is 6.07 Å². The summed E-state index contributed by atoms with van der Waals surface area (Å²) in [5.41, 5.74) is 2.15. The first-order valence-electron chi connectivity index (χ1n) is 5.27. The molecular formula is C12H13NO4. The normalized spacial score (nSPS) is 18.8. The topological polar surface area (TPSA) is 64.6 Å². The van der Waals surface area contributed by atoms with Crippen molar-refractivity contribution in [2.45, 2.75) is 20.0 Å². The average Bonchev–Trinajstić information content (AvgIpc) is 2.53. The van der Waals surface area contributed by atoms with E-state index in [0.29, 0.717) is 5.75 Å². The van der Waals surface area contributed by atoms with Gasteiger partial charge in [0.15, 0.2) is 0 Å². The Morgan fingerprint density at radius 2 is 1.88 bits per heavy atom. The third kappa shape index (κ3) is 2.75. The smallest absolute Gasteiger partial charge is 0.414 e. The first kappa shape index (κ1) is 11.4. The van der Waals surface area contributed by atoms with Gasteiger partial charge in [0, 0.05) is 0 Å². The standard InChI is InChI=1S/C12H13NO4/c1-7-3-8(2)5-9(4-7)16-6-10-11(14)13-12(15)17-10/h3-5,10H,6H2,1-2H3,(H,13,14,15). The molecule has 0 aromatic heterocycles. The molecule has 0 bridgehead atoms. The van der Waals surface area contributed by atoms with Gasteiger partial charge in [-0.05, 0) is 37.1 Å². The van der Waals surface area contributed by atoms with Crippen LogP contribution in [0.2, 0.25) is 0 Å². The molecule has 0 spiro atoms. The van der Waals surface area contributed by atoms with Gasteiger partial charge in [0.1, 0.15) is 12.4 Å². The van der Waals surface area contributed by atoms with E-state index in [9.17, 15) is 9.59 Å². The van der Waals surface area contributed by atoms with Crippen molar-refractivity contribution in [2.24, 2.45) is 0 Å². The Bertz CT molecular complexity index is 449. The van der Waals surface area contributed by atoms with Crippen molar-refractivity contribution in [1.82, 2.24) is 5.32 Å². The van der Waals surface area contributed by atoms with E-state index in [4.69, 9.17) is 9.47 Å². The molecule has 1 N–H and O–H groups in total. The van der Waals surface area contributed by atoms with Crippen molar-refractivity contribution >= 4 is 12.0 Å². The Morgan fingerprint density at radius 1 is 1.24 bits per heavy atom. The highest BCUT2D eigenvalue weighted by Gasteiger charge is 2.32. The predicted molar refractivity (Wildman–Crippen MR) is 59.8 cm³/mol. The maximum atomic E-state index is 11.2. The van der Waals surface area contributed by atoms with Crippen molar-refractivity contribution in [3.8, 4) is 5.75 Å². The summed E-state index contributed by atoms with van der Waals surface area (Å²) < 4.78 is 10.2. The number of cyclic esters (lactones) is 1. The van der Waals surface area contributed by atoms with Crippen LogP contribution in [0.1, 0.15) is 11.1 Å². The molecule has 0 aliphatic carbocycles. The van der Waals surface area contributed by atoms with Gasteiger partial charge in [-0.15, -0.1) is 0 Å². The van der Waals surface area contributed by atoms with Crippen LogP contribution in [-0.4, -0.2) is 24.7 Å². The second-order valence-corrected chi connectivity index (χ2v) is 4.02. The molecule has 0 radical (unpaired) electrons. The number of benzene rings is 1. The first-order valence-corrected chi connectivity index (χ1v) is 5.27. The van der Waals surface area contributed by atoms with Crippen LogP contribution in [0.5, 0.6) is 5.75 Å². The summed E-state index contributed by atoms with van der Waals surface area (Å²) in [5.74, 6) is 0.206. The Balaban J connectivity index is 1.98. The predicted octanol–water partition coefficient (Wildman–Crippen LogP) is 1.32. The Morgan fingerprint density at radius 3 is 2.41 bits per heavy atom. The largest absolute Gasteiger partial charge is 0.489 e. The van der Waals surface area contributed by atoms with E-state index >= 15 is 0 Å². The summed E-state index contributed by atoms with van der Waals surface area (Å²) >= 11 is 0. The summed E-state index contributed by atoms with van der Waals surface area (Å²) in [4.78, 5) is 22.0. The van der Waals surface area contributed by atoms with Crippen molar-refractivity contribution < 1.29 is 19.1 Å². The van der Waals surface area contributed by atoms with Gasteiger partial charge >= 0.3 is 6.09 Å². The van der Waals surface area contributed by atoms with Crippen LogP contribution in [0.3, 0.4) is 0 Å². The quantitative estimate of drug-likeness (QED) is 0.858. The fourth-order valence-electron chi connectivity index (χ4n) is 1.69. The zero-order chi connectivity index (χ0) is 12.4. The van der Waals surface area contributed by atoms with Crippen LogP contribution in [-0.2, 0) is 9.53 Å². The van der Waals surface area contributed by atoms with E-state index in [1.165, 1.54) is 0 Å². The van der Waals surface area contributed by atoms with Crippen molar-refractivity contribution in [1.29, 1.82) is 0 Å². The SMILES string of the molecule is Cc1cc(C)cc(OCC2OC(=O)NC2=O)c1. The van der Waals surface area contributed by atoms with E-state index in [-0.39, 0.29) is 6.61 Å². The number of carbonyl (C=O) groups is 2. The molecule has 5 heteroatoms. The third-order valence-electron chi connectivity index (χ3n) is 2.36. The minimum absolute atomic E-state index is 0.0282. The fourth-order valence-corrected chi connectivity index (χ4v) is 1.69. The van der Waals surface area contributed by atoms with Crippen LogP contribution in [0, 0.1) is 13.8 Å². The van der Waals surface area contributed by atoms with Gasteiger partial charge in [-0.25, -0.2) is 4.79 Å². The van der Waals surface area contributed by atoms with Crippen LogP contribution >= 0.6 is 0 Å². The lowest BCUT2D eigenvalue weighted by Gasteiger charge is -2.10. The summed E-state index contributed by atoms with van der Waals surface area (Å²) in [6.45, 7) is 3.95. The summed E-state index contributed by atoms with van der Waals surface area (Å²) in [5, 5.41) is 2.05. The second-order valence-electron chi connectivity index (χ2n) is 4.02. The minimum Gasteiger partial charge on any atom is -0.489 e. The van der Waals surface area contributed by atoms with Crippen molar-refractivity contribution in [3.05, 3.63) is 29.3 Å². The molecule has 2 rings (SSSR count). The molecule has 1 fully saturated rings. The lowest BCUT2D eigenvalue weighted by molar-refractivity contribution is -0.124. The van der Waals surface area contributed by atoms with Gasteiger partial charge in [0.2, 0.25) is 6.10 Å². The molecule has 1 unspecified atom stereocenters. The molecule has 1 saturated heterocycles. The van der Waals surface area contributed by atoms with Crippen LogP contribution in [0.25, 0.3) is 0 Å². The molecule has 0 saturated carbocycles. The number of carbonyl (C=O) groups excluding carboxylic acids is 2. The number of hydrogen-bond donors (Lipinski definition) is 1. The van der Waals surface area contributed by atoms with Gasteiger partial charge in [-0.3, -0.25) is 10.1 Å². The molecule has 5 nitrogen and oxygen atoms in total. The number of hydrogen-bond acceptors (Lipinski definition) is 4. The van der Waals surface area contributed by atoms with Crippen molar-refractivity contribution in [3.63, 3.8) is 0 Å². The number of imide groups is 1. The highest BCUT2D eigenvalue weighted by molar-refractivity contribution is 5.99. The van der Waals surface area contributed by atoms with Gasteiger partial charge in [-0.2, -0.15) is 0 Å². The molecule has 1 aromatic rings. The maximum absolute atomic E-state index is 11.2. The van der Waals surface area contributed by atoms with E-state index in [1.54, 1.807) is 0 Å². The monoisotopic (exact) mass is 235 g/mol. The number of ether oxygens (including phenoxy) is 2. The molecule has 1 atom stereocenters. The number of aryl methyl sites for hydroxylation is 2. The van der Waals surface area contributed by atoms with E-state index in [0.717, 1.165) is 11.1 Å². The van der Waals surface area contributed by atoms with E-state index in [1.807, 2.05) is 37.4 Å².